The molecule has 0 saturated carbocycles. The zero-order valence-electron chi connectivity index (χ0n) is 12.9. The molecule has 0 atom stereocenters. The second kappa shape index (κ2) is 8.73. The Balaban J connectivity index is 2.61. The predicted molar refractivity (Wildman–Crippen MR) is 101 cm³/mol. The van der Waals surface area contributed by atoms with Gasteiger partial charge in [-0.3, -0.25) is 0 Å². The summed E-state index contributed by atoms with van der Waals surface area (Å²) in [6.45, 7) is 3.97. The summed E-state index contributed by atoms with van der Waals surface area (Å²) in [5.41, 5.74) is 1.51. The van der Waals surface area contributed by atoms with Crippen molar-refractivity contribution in [3.8, 4) is 0 Å². The Kier molecular flexibility index (Phi) is 6.66. The summed E-state index contributed by atoms with van der Waals surface area (Å²) in [5.74, 6) is -0.218. The summed E-state index contributed by atoms with van der Waals surface area (Å²) in [7, 11) is 0. The molecule has 1 aromatic heterocycles. The molecule has 0 bridgehead atoms. The molecule has 0 fully saturated rings. The van der Waals surface area contributed by atoms with Gasteiger partial charge >= 0.3 is 0 Å². The SMILES string of the molecule is C=CCNC(=S)/C(=C(\[O-])c1ccccc1Br)[n+]1cccc(CO)c1. The molecule has 24 heavy (non-hydrogen) atoms. The maximum Gasteiger partial charge on any atom is 0.238 e. The van der Waals surface area contributed by atoms with Crippen LogP contribution in [-0.2, 0) is 6.61 Å². The summed E-state index contributed by atoms with van der Waals surface area (Å²) < 4.78 is 2.32. The number of aromatic nitrogens is 1. The van der Waals surface area contributed by atoms with Crippen LogP contribution in [0, 0.1) is 0 Å². The average molecular weight is 405 g/mol. The smallest absolute Gasteiger partial charge is 0.238 e. The minimum atomic E-state index is -0.218. The van der Waals surface area contributed by atoms with Gasteiger partial charge in [0.15, 0.2) is 17.4 Å². The summed E-state index contributed by atoms with van der Waals surface area (Å²) in [4.78, 5) is 0.316. The largest absolute Gasteiger partial charge is 0.867 e. The topological polar surface area (TPSA) is 59.2 Å². The molecule has 0 aliphatic carbocycles. The number of nitrogens with zero attached hydrogens (tertiary/aromatic N) is 1. The van der Waals surface area contributed by atoms with Gasteiger partial charge in [0.2, 0.25) is 5.70 Å². The van der Waals surface area contributed by atoms with E-state index >= 15 is 0 Å². The van der Waals surface area contributed by atoms with Crippen molar-refractivity contribution in [3.05, 3.63) is 77.0 Å². The second-order valence-electron chi connectivity index (χ2n) is 4.93. The average Bonchev–Trinajstić information content (AvgIpc) is 2.60. The molecule has 124 valence electrons. The van der Waals surface area contributed by atoms with Crippen LogP contribution in [0.15, 0.2) is 65.9 Å². The van der Waals surface area contributed by atoms with Crippen molar-refractivity contribution in [2.45, 2.75) is 6.61 Å². The van der Waals surface area contributed by atoms with Crippen LogP contribution >= 0.6 is 28.1 Å². The standard InChI is InChI=1S/C18H17BrN2O2S/c1-2-9-20-18(24)16(21-10-5-6-13(11-21)12-22)17(23)14-7-3-4-8-15(14)19/h2-8,10-11,22H,1,9,12H2,(H-,20,23,24). The zero-order valence-corrected chi connectivity index (χ0v) is 15.3. The van der Waals surface area contributed by atoms with Crippen molar-refractivity contribution in [1.29, 1.82) is 0 Å². The molecule has 0 radical (unpaired) electrons. The van der Waals surface area contributed by atoms with Gasteiger partial charge in [0.25, 0.3) is 0 Å². The third-order valence-electron chi connectivity index (χ3n) is 3.26. The summed E-state index contributed by atoms with van der Waals surface area (Å²) in [6.07, 6.45) is 5.08. The first kappa shape index (κ1) is 18.3. The highest BCUT2D eigenvalue weighted by Crippen LogP contribution is 2.23. The Morgan fingerprint density at radius 3 is 2.75 bits per heavy atom. The monoisotopic (exact) mass is 404 g/mol. The molecule has 0 aliphatic heterocycles. The Labute approximate surface area is 154 Å². The van der Waals surface area contributed by atoms with Crippen LogP contribution in [0.3, 0.4) is 0 Å². The summed E-state index contributed by atoms with van der Waals surface area (Å²) in [6, 6.07) is 10.7. The minimum Gasteiger partial charge on any atom is -0.867 e. The van der Waals surface area contributed by atoms with Gasteiger partial charge in [-0.1, -0.05) is 52.4 Å². The molecule has 0 amide bonds. The number of hydrogen-bond donors (Lipinski definition) is 2. The third-order valence-corrected chi connectivity index (χ3v) is 4.29. The minimum absolute atomic E-state index is 0.121. The zero-order chi connectivity index (χ0) is 17.5. The Bertz CT molecular complexity index is 790. The van der Waals surface area contributed by atoms with E-state index in [2.05, 4.69) is 27.8 Å². The van der Waals surface area contributed by atoms with Crippen molar-refractivity contribution in [3.63, 3.8) is 0 Å². The van der Waals surface area contributed by atoms with E-state index < -0.39 is 0 Å². The fourth-order valence-corrected chi connectivity index (χ4v) is 2.86. The number of aliphatic hydroxyl groups is 1. The number of hydrogen-bond acceptors (Lipinski definition) is 3. The van der Waals surface area contributed by atoms with Crippen molar-refractivity contribution in [1.82, 2.24) is 5.32 Å². The van der Waals surface area contributed by atoms with Gasteiger partial charge in [0, 0.05) is 22.6 Å². The van der Waals surface area contributed by atoms with Crippen molar-refractivity contribution in [2.75, 3.05) is 6.54 Å². The van der Waals surface area contributed by atoms with E-state index in [4.69, 9.17) is 12.2 Å². The van der Waals surface area contributed by atoms with Crippen molar-refractivity contribution in [2.24, 2.45) is 0 Å². The summed E-state index contributed by atoms with van der Waals surface area (Å²) in [5, 5.41) is 25.4. The molecule has 4 nitrogen and oxygen atoms in total. The first-order chi connectivity index (χ1) is 11.6. The molecule has 6 heteroatoms. The van der Waals surface area contributed by atoms with Crippen LogP contribution in [-0.4, -0.2) is 16.6 Å². The van der Waals surface area contributed by atoms with Gasteiger partial charge in [-0.15, -0.1) is 6.58 Å². The van der Waals surface area contributed by atoms with Gasteiger partial charge in [-0.25, -0.2) is 0 Å². The van der Waals surface area contributed by atoms with E-state index in [-0.39, 0.29) is 12.4 Å². The quantitative estimate of drug-likeness (QED) is 0.254. The van der Waals surface area contributed by atoms with Gasteiger partial charge in [0.05, 0.1) is 6.61 Å². The highest BCUT2D eigenvalue weighted by atomic mass is 79.9. The predicted octanol–water partition coefficient (Wildman–Crippen LogP) is 2.02. The van der Waals surface area contributed by atoms with E-state index in [9.17, 15) is 10.2 Å². The van der Waals surface area contributed by atoms with E-state index in [0.717, 1.165) is 0 Å². The van der Waals surface area contributed by atoms with Crippen molar-refractivity contribution < 1.29 is 14.8 Å². The molecular formula is C18H17BrN2O2S. The number of halogens is 1. The van der Waals surface area contributed by atoms with Gasteiger partial charge in [-0.05, 0) is 23.5 Å². The highest BCUT2D eigenvalue weighted by molar-refractivity contribution is 9.10. The molecule has 0 unspecified atom stereocenters. The fourth-order valence-electron chi connectivity index (χ4n) is 2.12. The second-order valence-corrected chi connectivity index (χ2v) is 6.20. The van der Waals surface area contributed by atoms with Crippen molar-refractivity contribution >= 4 is 44.6 Å². The Morgan fingerprint density at radius 2 is 2.08 bits per heavy atom. The maximum absolute atomic E-state index is 13.1. The van der Waals surface area contributed by atoms with Gasteiger partial charge < -0.3 is 15.5 Å². The van der Waals surface area contributed by atoms with Gasteiger partial charge in [0.1, 0.15) is 0 Å². The number of aliphatic hydroxyl groups excluding tert-OH is 1. The number of thiocarbonyl (C=S) groups is 1. The number of nitrogens with one attached hydrogen (secondary N) is 1. The summed E-state index contributed by atoms with van der Waals surface area (Å²) >= 11 is 8.81. The number of pyridine rings is 1. The van der Waals surface area contributed by atoms with E-state index in [1.165, 1.54) is 0 Å². The first-order valence-electron chi connectivity index (χ1n) is 7.25. The van der Waals surface area contributed by atoms with E-state index in [0.29, 0.717) is 32.8 Å². The van der Waals surface area contributed by atoms with E-state index in [1.54, 1.807) is 53.4 Å². The Hall–Kier alpha value is -2.02. The van der Waals surface area contributed by atoms with Crippen LogP contribution < -0.4 is 15.0 Å². The van der Waals surface area contributed by atoms with Crippen LogP contribution in [0.4, 0.5) is 0 Å². The van der Waals surface area contributed by atoms with Crippen LogP contribution in [0.2, 0.25) is 0 Å². The molecular weight excluding hydrogens is 388 g/mol. The maximum atomic E-state index is 13.1. The molecule has 2 aromatic rings. The lowest BCUT2D eigenvalue weighted by molar-refractivity contribution is -0.578. The molecule has 0 saturated heterocycles. The Morgan fingerprint density at radius 1 is 1.33 bits per heavy atom. The lowest BCUT2D eigenvalue weighted by atomic mass is 10.1. The molecule has 1 aromatic carbocycles. The fraction of sp³-hybridized carbons (Fsp3) is 0.111. The molecule has 0 spiro atoms. The number of rotatable bonds is 6. The molecule has 0 aliphatic rings. The van der Waals surface area contributed by atoms with Gasteiger partial charge in [-0.2, -0.15) is 4.57 Å². The highest BCUT2D eigenvalue weighted by Gasteiger charge is 2.19. The molecule has 1 heterocycles. The van der Waals surface area contributed by atoms with Crippen LogP contribution in [0.25, 0.3) is 11.5 Å². The number of benzene rings is 1. The first-order valence-corrected chi connectivity index (χ1v) is 8.45. The normalized spacial score (nSPS) is 11.6. The lowest BCUT2D eigenvalue weighted by Crippen LogP contribution is -2.42. The lowest BCUT2D eigenvalue weighted by Gasteiger charge is -2.17. The molecule has 2 N–H and O–H groups in total. The van der Waals surface area contributed by atoms with Crippen LogP contribution in [0.5, 0.6) is 0 Å². The van der Waals surface area contributed by atoms with Crippen LogP contribution in [0.1, 0.15) is 11.1 Å². The third kappa shape index (κ3) is 4.29. The molecule has 2 rings (SSSR count). The van der Waals surface area contributed by atoms with E-state index in [1.807, 2.05) is 6.07 Å².